The molecular weight excluding hydrogens is 344 g/mol. The van der Waals surface area contributed by atoms with Gasteiger partial charge in [0.1, 0.15) is 29.9 Å². The highest BCUT2D eigenvalue weighted by molar-refractivity contribution is 7.99. The van der Waals surface area contributed by atoms with Gasteiger partial charge in [-0.1, -0.05) is 6.07 Å². The van der Waals surface area contributed by atoms with Gasteiger partial charge in [-0.3, -0.25) is 0 Å². The molecule has 1 heterocycles. The maximum atomic E-state index is 14.3. The van der Waals surface area contributed by atoms with E-state index >= 15 is 0 Å². The standard InChI is InChI=1S/C14H17F2N3O2S2/c15-9-1-2-10(12(16)5-9)14(21,6-19-8-17-7-18-19)11(3-4-20)13(22)23/h1-2,5,7-8,11,13,20-23H,3-4,6H2/t11-,14-/m0/s1. The first kappa shape index (κ1) is 18.2. The fourth-order valence-corrected chi connectivity index (χ4v) is 3.37. The number of halogens is 2. The van der Waals surface area contributed by atoms with Gasteiger partial charge in [-0.25, -0.2) is 18.4 Å². The van der Waals surface area contributed by atoms with E-state index < -0.39 is 27.7 Å². The molecule has 0 aliphatic carbocycles. The minimum Gasteiger partial charge on any atom is -0.396 e. The smallest absolute Gasteiger partial charge is 0.137 e. The van der Waals surface area contributed by atoms with E-state index in [-0.39, 0.29) is 25.1 Å². The lowest BCUT2D eigenvalue weighted by Gasteiger charge is -2.38. The highest BCUT2D eigenvalue weighted by atomic mass is 32.2. The van der Waals surface area contributed by atoms with E-state index in [1.54, 1.807) is 0 Å². The normalized spacial score (nSPS) is 15.6. The molecule has 0 aliphatic heterocycles. The molecule has 126 valence electrons. The van der Waals surface area contributed by atoms with Crippen LogP contribution in [0.4, 0.5) is 8.78 Å². The molecule has 1 aromatic carbocycles. The molecule has 2 rings (SSSR count). The van der Waals surface area contributed by atoms with Gasteiger partial charge in [-0.2, -0.15) is 30.4 Å². The Morgan fingerprint density at radius 2 is 2.04 bits per heavy atom. The largest absolute Gasteiger partial charge is 0.396 e. The number of rotatable bonds is 7. The van der Waals surface area contributed by atoms with Gasteiger partial charge in [0.2, 0.25) is 0 Å². The Balaban J connectivity index is 2.52. The lowest BCUT2D eigenvalue weighted by molar-refractivity contribution is -0.0468. The van der Waals surface area contributed by atoms with Crippen LogP contribution in [0.5, 0.6) is 0 Å². The number of thiol groups is 2. The molecule has 0 spiro atoms. The average Bonchev–Trinajstić information content (AvgIpc) is 2.96. The van der Waals surface area contributed by atoms with Crippen LogP contribution in [0.25, 0.3) is 0 Å². The van der Waals surface area contributed by atoms with Crippen molar-refractivity contribution in [3.63, 3.8) is 0 Å². The molecule has 0 radical (unpaired) electrons. The minimum absolute atomic E-state index is 0.110. The average molecular weight is 361 g/mol. The Morgan fingerprint density at radius 1 is 1.30 bits per heavy atom. The second-order valence-corrected chi connectivity index (χ2v) is 6.69. The summed E-state index contributed by atoms with van der Waals surface area (Å²) in [5.41, 5.74) is -1.91. The molecule has 9 heteroatoms. The second kappa shape index (κ2) is 7.61. The van der Waals surface area contributed by atoms with Crippen molar-refractivity contribution in [3.8, 4) is 0 Å². The van der Waals surface area contributed by atoms with Crippen molar-refractivity contribution in [2.75, 3.05) is 6.61 Å². The molecule has 5 nitrogen and oxygen atoms in total. The molecule has 2 aromatic rings. The Bertz CT molecular complexity index is 643. The maximum absolute atomic E-state index is 14.3. The van der Waals surface area contributed by atoms with Crippen LogP contribution >= 0.6 is 25.3 Å². The SMILES string of the molecule is OCC[C@@H](C(S)S)[C@](O)(Cn1cncn1)c1ccc(F)cc1F. The molecule has 23 heavy (non-hydrogen) atoms. The Morgan fingerprint density at radius 3 is 2.57 bits per heavy atom. The van der Waals surface area contributed by atoms with Crippen LogP contribution in [0, 0.1) is 17.6 Å². The maximum Gasteiger partial charge on any atom is 0.137 e. The van der Waals surface area contributed by atoms with Crippen molar-refractivity contribution in [2.24, 2.45) is 5.92 Å². The molecule has 0 bridgehead atoms. The van der Waals surface area contributed by atoms with Crippen molar-refractivity contribution >= 4 is 25.3 Å². The predicted octanol–water partition coefficient (Wildman–Crippen LogP) is 1.63. The van der Waals surface area contributed by atoms with E-state index in [0.717, 1.165) is 6.07 Å². The predicted molar refractivity (Wildman–Crippen MR) is 87.2 cm³/mol. The van der Waals surface area contributed by atoms with E-state index in [9.17, 15) is 19.0 Å². The van der Waals surface area contributed by atoms with Gasteiger partial charge in [-0.05, 0) is 12.5 Å². The van der Waals surface area contributed by atoms with Gasteiger partial charge in [0.05, 0.1) is 11.1 Å². The lowest BCUT2D eigenvalue weighted by Crippen LogP contribution is -2.44. The fourth-order valence-electron chi connectivity index (χ4n) is 2.58. The van der Waals surface area contributed by atoms with E-state index in [2.05, 4.69) is 35.3 Å². The number of hydrogen-bond donors (Lipinski definition) is 4. The number of aromatic nitrogens is 3. The molecule has 1 aromatic heterocycles. The molecule has 2 N–H and O–H groups in total. The summed E-state index contributed by atoms with van der Waals surface area (Å²) < 4.78 is 28.2. The Labute approximate surface area is 143 Å². The quantitative estimate of drug-likeness (QED) is 0.447. The zero-order valence-corrected chi connectivity index (χ0v) is 13.8. The van der Waals surface area contributed by atoms with Gasteiger partial charge in [0.15, 0.2) is 0 Å². The first-order valence-corrected chi connectivity index (χ1v) is 7.89. The third-order valence-corrected chi connectivity index (χ3v) is 4.40. The molecule has 0 fully saturated rings. The van der Waals surface area contributed by atoms with E-state index in [4.69, 9.17) is 0 Å². The second-order valence-electron chi connectivity index (χ2n) is 5.17. The summed E-state index contributed by atoms with van der Waals surface area (Å²) in [5.74, 6) is -2.36. The number of aliphatic hydroxyl groups is 2. The Kier molecular flexibility index (Phi) is 6.01. The minimum atomic E-state index is -1.80. The summed E-state index contributed by atoms with van der Waals surface area (Å²) in [6.45, 7) is -0.386. The summed E-state index contributed by atoms with van der Waals surface area (Å²) in [6, 6.07) is 2.94. The molecule has 0 amide bonds. The van der Waals surface area contributed by atoms with Crippen LogP contribution in [0.15, 0.2) is 30.9 Å². The van der Waals surface area contributed by atoms with Gasteiger partial charge >= 0.3 is 0 Å². The summed E-state index contributed by atoms with van der Waals surface area (Å²) in [6.07, 6.45) is 2.77. The lowest BCUT2D eigenvalue weighted by atomic mass is 9.79. The number of nitrogens with zero attached hydrogens (tertiary/aromatic N) is 3. The van der Waals surface area contributed by atoms with Crippen molar-refractivity contribution in [2.45, 2.75) is 23.1 Å². The third kappa shape index (κ3) is 4.03. The first-order valence-electron chi connectivity index (χ1n) is 6.86. The van der Waals surface area contributed by atoms with Crippen LogP contribution in [0.1, 0.15) is 12.0 Å². The highest BCUT2D eigenvalue weighted by Crippen LogP contribution is 2.40. The molecule has 0 saturated heterocycles. The van der Waals surface area contributed by atoms with Crippen molar-refractivity contribution in [1.29, 1.82) is 0 Å². The number of aliphatic hydroxyl groups excluding tert-OH is 1. The summed E-state index contributed by atoms with van der Waals surface area (Å²) in [7, 11) is 0. The van der Waals surface area contributed by atoms with Gasteiger partial charge < -0.3 is 10.2 Å². The zero-order valence-electron chi connectivity index (χ0n) is 12.0. The van der Waals surface area contributed by atoms with E-state index in [1.807, 2.05) is 0 Å². The highest BCUT2D eigenvalue weighted by Gasteiger charge is 2.43. The Hall–Kier alpha value is -1.16. The monoisotopic (exact) mass is 361 g/mol. The molecule has 0 aliphatic rings. The van der Waals surface area contributed by atoms with Crippen LogP contribution in [0.3, 0.4) is 0 Å². The van der Waals surface area contributed by atoms with Crippen LogP contribution in [-0.4, -0.2) is 36.2 Å². The number of benzene rings is 1. The third-order valence-electron chi connectivity index (χ3n) is 3.68. The van der Waals surface area contributed by atoms with Crippen molar-refractivity contribution in [1.82, 2.24) is 14.8 Å². The van der Waals surface area contributed by atoms with Gasteiger partial charge in [0, 0.05) is 24.2 Å². The van der Waals surface area contributed by atoms with Crippen LogP contribution in [-0.2, 0) is 12.1 Å². The summed E-state index contributed by atoms with van der Waals surface area (Å²) >= 11 is 8.46. The van der Waals surface area contributed by atoms with E-state index in [1.165, 1.54) is 23.4 Å². The van der Waals surface area contributed by atoms with Crippen LogP contribution in [0.2, 0.25) is 0 Å². The molecule has 0 saturated carbocycles. The van der Waals surface area contributed by atoms with Crippen molar-refractivity contribution in [3.05, 3.63) is 48.1 Å². The first-order chi connectivity index (χ1) is 10.9. The van der Waals surface area contributed by atoms with Gasteiger partial charge in [-0.15, -0.1) is 0 Å². The van der Waals surface area contributed by atoms with Crippen molar-refractivity contribution < 1.29 is 19.0 Å². The topological polar surface area (TPSA) is 71.2 Å². The molecule has 0 unspecified atom stereocenters. The van der Waals surface area contributed by atoms with Gasteiger partial charge in [0.25, 0.3) is 0 Å². The zero-order chi connectivity index (χ0) is 17.0. The molecule has 2 atom stereocenters. The number of hydrogen-bond acceptors (Lipinski definition) is 6. The molecular formula is C14H17F2N3O2S2. The fraction of sp³-hybridized carbons (Fsp3) is 0.429. The summed E-state index contributed by atoms with van der Waals surface area (Å²) in [5, 5.41) is 24.4. The summed E-state index contributed by atoms with van der Waals surface area (Å²) in [4.78, 5) is 3.79. The van der Waals surface area contributed by atoms with E-state index in [0.29, 0.717) is 6.07 Å². The van der Waals surface area contributed by atoms with Crippen LogP contribution < -0.4 is 0 Å².